The third-order valence-electron chi connectivity index (χ3n) is 2.38. The molecular formula is C11H24BrN. The third-order valence-corrected chi connectivity index (χ3v) is 2.94. The first-order chi connectivity index (χ1) is 6.35. The van der Waals surface area contributed by atoms with Crippen LogP contribution in [0, 0.1) is 0 Å². The summed E-state index contributed by atoms with van der Waals surface area (Å²) < 4.78 is 0. The highest BCUT2D eigenvalue weighted by Gasteiger charge is 1.99. The SMILES string of the molecule is CCCCN(CC)CCCCCBr. The van der Waals surface area contributed by atoms with Gasteiger partial charge in [-0.25, -0.2) is 0 Å². The van der Waals surface area contributed by atoms with E-state index in [0.29, 0.717) is 0 Å². The summed E-state index contributed by atoms with van der Waals surface area (Å²) in [6, 6.07) is 0. The number of halogens is 1. The normalized spacial score (nSPS) is 11.1. The molecule has 0 fully saturated rings. The molecule has 0 aliphatic carbocycles. The van der Waals surface area contributed by atoms with E-state index in [9.17, 15) is 0 Å². The lowest BCUT2D eigenvalue weighted by atomic mass is 10.2. The molecule has 2 heteroatoms. The average molecular weight is 250 g/mol. The molecule has 0 rings (SSSR count). The summed E-state index contributed by atoms with van der Waals surface area (Å²) in [5.41, 5.74) is 0. The van der Waals surface area contributed by atoms with Gasteiger partial charge in [0.25, 0.3) is 0 Å². The zero-order valence-corrected chi connectivity index (χ0v) is 10.8. The van der Waals surface area contributed by atoms with Crippen LogP contribution in [-0.4, -0.2) is 29.9 Å². The summed E-state index contributed by atoms with van der Waals surface area (Å²) in [6.45, 7) is 8.33. The molecule has 0 aromatic rings. The zero-order valence-electron chi connectivity index (χ0n) is 9.19. The van der Waals surface area contributed by atoms with E-state index in [1.54, 1.807) is 0 Å². The van der Waals surface area contributed by atoms with E-state index in [1.807, 2.05) is 0 Å². The van der Waals surface area contributed by atoms with Crippen molar-refractivity contribution < 1.29 is 0 Å². The Hall–Kier alpha value is 0.440. The standard InChI is InChI=1S/C11H24BrN/c1-3-5-10-13(4-2)11-8-6-7-9-12/h3-11H2,1-2H3. The van der Waals surface area contributed by atoms with Crippen LogP contribution in [0.15, 0.2) is 0 Å². The summed E-state index contributed by atoms with van der Waals surface area (Å²) in [4.78, 5) is 2.57. The van der Waals surface area contributed by atoms with Gasteiger partial charge in [0.2, 0.25) is 0 Å². The molecule has 0 atom stereocenters. The van der Waals surface area contributed by atoms with Gasteiger partial charge in [-0.05, 0) is 38.9 Å². The molecule has 1 nitrogen and oxygen atoms in total. The lowest BCUT2D eigenvalue weighted by Gasteiger charge is -2.19. The number of alkyl halides is 1. The molecule has 0 saturated heterocycles. The number of nitrogens with zero attached hydrogens (tertiary/aromatic N) is 1. The van der Waals surface area contributed by atoms with Crippen LogP contribution < -0.4 is 0 Å². The number of hydrogen-bond acceptors (Lipinski definition) is 1. The third kappa shape index (κ3) is 8.76. The van der Waals surface area contributed by atoms with Crippen LogP contribution >= 0.6 is 15.9 Å². The van der Waals surface area contributed by atoms with E-state index in [2.05, 4.69) is 34.7 Å². The summed E-state index contributed by atoms with van der Waals surface area (Å²) in [6.07, 6.45) is 6.73. The zero-order chi connectivity index (χ0) is 9.94. The molecule has 0 saturated carbocycles. The molecule has 0 heterocycles. The van der Waals surface area contributed by atoms with Gasteiger partial charge in [-0.15, -0.1) is 0 Å². The van der Waals surface area contributed by atoms with E-state index < -0.39 is 0 Å². The van der Waals surface area contributed by atoms with Gasteiger partial charge in [0, 0.05) is 5.33 Å². The summed E-state index contributed by atoms with van der Waals surface area (Å²) in [5, 5.41) is 1.16. The molecular weight excluding hydrogens is 226 g/mol. The molecule has 0 aromatic heterocycles. The number of hydrogen-bond donors (Lipinski definition) is 0. The predicted octanol–water partition coefficient (Wildman–Crippen LogP) is 3.67. The van der Waals surface area contributed by atoms with E-state index in [-0.39, 0.29) is 0 Å². The molecule has 13 heavy (non-hydrogen) atoms. The fraction of sp³-hybridized carbons (Fsp3) is 1.00. The Labute approximate surface area is 92.0 Å². The lowest BCUT2D eigenvalue weighted by molar-refractivity contribution is 0.277. The highest BCUT2D eigenvalue weighted by atomic mass is 79.9. The van der Waals surface area contributed by atoms with Crippen molar-refractivity contribution in [2.45, 2.75) is 46.0 Å². The van der Waals surface area contributed by atoms with Gasteiger partial charge in [-0.1, -0.05) is 42.6 Å². The van der Waals surface area contributed by atoms with E-state index >= 15 is 0 Å². The molecule has 0 aliphatic heterocycles. The molecule has 0 unspecified atom stereocenters. The van der Waals surface area contributed by atoms with Crippen LogP contribution in [0.25, 0.3) is 0 Å². The second kappa shape index (κ2) is 10.5. The van der Waals surface area contributed by atoms with Gasteiger partial charge in [0.1, 0.15) is 0 Å². The van der Waals surface area contributed by atoms with Crippen LogP contribution in [0.5, 0.6) is 0 Å². The topological polar surface area (TPSA) is 3.24 Å². The Balaban J connectivity index is 3.25. The minimum Gasteiger partial charge on any atom is -0.304 e. The molecule has 0 bridgehead atoms. The molecule has 0 aromatic carbocycles. The molecule has 0 N–H and O–H groups in total. The smallest absolute Gasteiger partial charge is 0.00313 e. The van der Waals surface area contributed by atoms with Crippen LogP contribution in [0.2, 0.25) is 0 Å². The highest BCUT2D eigenvalue weighted by Crippen LogP contribution is 2.02. The van der Waals surface area contributed by atoms with Crippen molar-refractivity contribution >= 4 is 15.9 Å². The monoisotopic (exact) mass is 249 g/mol. The fourth-order valence-corrected chi connectivity index (χ4v) is 1.81. The maximum Gasteiger partial charge on any atom is 0.00313 e. The van der Waals surface area contributed by atoms with Crippen LogP contribution in [-0.2, 0) is 0 Å². The number of rotatable bonds is 9. The maximum absolute atomic E-state index is 3.46. The minimum atomic E-state index is 1.16. The average Bonchev–Trinajstić information content (AvgIpc) is 2.17. The van der Waals surface area contributed by atoms with Gasteiger partial charge in [-0.2, -0.15) is 0 Å². The summed E-state index contributed by atoms with van der Waals surface area (Å²) in [5.74, 6) is 0. The van der Waals surface area contributed by atoms with E-state index in [1.165, 1.54) is 51.7 Å². The largest absolute Gasteiger partial charge is 0.304 e. The van der Waals surface area contributed by atoms with E-state index in [4.69, 9.17) is 0 Å². The summed E-state index contributed by atoms with van der Waals surface area (Å²) >= 11 is 3.46. The summed E-state index contributed by atoms with van der Waals surface area (Å²) in [7, 11) is 0. The van der Waals surface area contributed by atoms with Crippen molar-refractivity contribution in [1.29, 1.82) is 0 Å². The van der Waals surface area contributed by atoms with Crippen molar-refractivity contribution in [2.24, 2.45) is 0 Å². The Morgan fingerprint density at radius 2 is 1.62 bits per heavy atom. The van der Waals surface area contributed by atoms with Gasteiger partial charge in [0.05, 0.1) is 0 Å². The quantitative estimate of drug-likeness (QED) is 0.445. The van der Waals surface area contributed by atoms with Gasteiger partial charge in [0.15, 0.2) is 0 Å². The Bertz CT molecular complexity index is 96.1. The number of unbranched alkanes of at least 4 members (excludes halogenated alkanes) is 3. The van der Waals surface area contributed by atoms with Crippen molar-refractivity contribution in [3.63, 3.8) is 0 Å². The Kier molecular flexibility index (Phi) is 10.9. The molecule has 80 valence electrons. The van der Waals surface area contributed by atoms with Crippen molar-refractivity contribution in [3.05, 3.63) is 0 Å². The second-order valence-electron chi connectivity index (χ2n) is 3.54. The highest BCUT2D eigenvalue weighted by molar-refractivity contribution is 9.09. The Morgan fingerprint density at radius 3 is 2.15 bits per heavy atom. The van der Waals surface area contributed by atoms with Gasteiger partial charge >= 0.3 is 0 Å². The lowest BCUT2D eigenvalue weighted by Crippen LogP contribution is -2.25. The van der Waals surface area contributed by atoms with Gasteiger partial charge < -0.3 is 4.90 Å². The first-order valence-electron chi connectivity index (χ1n) is 5.63. The van der Waals surface area contributed by atoms with E-state index in [0.717, 1.165) is 5.33 Å². The molecule has 0 spiro atoms. The second-order valence-corrected chi connectivity index (χ2v) is 4.33. The predicted molar refractivity (Wildman–Crippen MR) is 64.7 cm³/mol. The van der Waals surface area contributed by atoms with Crippen molar-refractivity contribution in [1.82, 2.24) is 4.90 Å². The van der Waals surface area contributed by atoms with Crippen LogP contribution in [0.3, 0.4) is 0 Å². The molecule has 0 aliphatic rings. The fourth-order valence-electron chi connectivity index (χ4n) is 1.42. The molecule has 0 amide bonds. The Morgan fingerprint density at radius 1 is 0.923 bits per heavy atom. The van der Waals surface area contributed by atoms with Crippen molar-refractivity contribution in [2.75, 3.05) is 25.0 Å². The van der Waals surface area contributed by atoms with Crippen molar-refractivity contribution in [3.8, 4) is 0 Å². The minimum absolute atomic E-state index is 1.16. The molecule has 0 radical (unpaired) electrons. The first kappa shape index (κ1) is 13.4. The van der Waals surface area contributed by atoms with Gasteiger partial charge in [-0.3, -0.25) is 0 Å². The maximum atomic E-state index is 3.46. The van der Waals surface area contributed by atoms with Crippen LogP contribution in [0.1, 0.15) is 46.0 Å². The first-order valence-corrected chi connectivity index (χ1v) is 6.75. The van der Waals surface area contributed by atoms with Crippen LogP contribution in [0.4, 0.5) is 0 Å².